The van der Waals surface area contributed by atoms with Crippen LogP contribution < -0.4 is 10.5 Å². The quantitative estimate of drug-likeness (QED) is 0.530. The van der Waals surface area contributed by atoms with E-state index in [0.717, 1.165) is 0 Å². The lowest BCUT2D eigenvalue weighted by atomic mass is 10.1. The number of imidazole rings is 1. The van der Waals surface area contributed by atoms with Gasteiger partial charge in [-0.05, 0) is 55.4 Å². The minimum atomic E-state index is -1.16. The van der Waals surface area contributed by atoms with Crippen LogP contribution in [0.15, 0.2) is 11.1 Å². The van der Waals surface area contributed by atoms with Crippen LogP contribution in [0.25, 0.3) is 11.2 Å². The van der Waals surface area contributed by atoms with Gasteiger partial charge in [-0.1, -0.05) is 0 Å². The molecule has 0 aliphatic carbocycles. The molecule has 2 amide bonds. The van der Waals surface area contributed by atoms with E-state index in [1.54, 1.807) is 48.5 Å². The first kappa shape index (κ1) is 29.5. The molecule has 2 aromatic heterocycles. The van der Waals surface area contributed by atoms with Gasteiger partial charge in [-0.2, -0.15) is 4.98 Å². The second-order valence-corrected chi connectivity index (χ2v) is 10.6. The van der Waals surface area contributed by atoms with E-state index in [4.69, 9.17) is 23.7 Å². The lowest BCUT2D eigenvalue weighted by molar-refractivity contribution is -0.0726. The lowest BCUT2D eigenvalue weighted by Crippen LogP contribution is -2.45. The van der Waals surface area contributed by atoms with Crippen molar-refractivity contribution in [1.82, 2.24) is 19.5 Å². The van der Waals surface area contributed by atoms with Crippen molar-refractivity contribution >= 4 is 29.3 Å². The second-order valence-electron chi connectivity index (χ2n) is 10.6. The summed E-state index contributed by atoms with van der Waals surface area (Å²) in [4.78, 5) is 50.4. The number of carbonyl (C=O) groups is 2. The van der Waals surface area contributed by atoms with E-state index in [1.165, 1.54) is 10.9 Å². The van der Waals surface area contributed by atoms with Gasteiger partial charge in [-0.15, -0.1) is 4.90 Å². The molecule has 1 fully saturated rings. The van der Waals surface area contributed by atoms with Crippen LogP contribution in [0.1, 0.15) is 61.6 Å². The Labute approximate surface area is 220 Å². The molecule has 0 radical (unpaired) electrons. The van der Waals surface area contributed by atoms with Gasteiger partial charge in [-0.3, -0.25) is 14.3 Å². The molecular formula is C24H37N5O9. The summed E-state index contributed by atoms with van der Waals surface area (Å²) in [5.74, 6) is -0.451. The zero-order valence-electron chi connectivity index (χ0n) is 23.0. The Kier molecular flexibility index (Phi) is 8.81. The Hall–Kier alpha value is -3.07. The number of carbonyl (C=O) groups excluding carboxylic acids is 2. The maximum absolute atomic E-state index is 13.0. The fourth-order valence-electron chi connectivity index (χ4n) is 3.79. The molecular weight excluding hydrogens is 502 g/mol. The molecule has 14 nitrogen and oxygen atoms in total. The molecule has 0 spiro atoms. The number of aromatic nitrogens is 4. The van der Waals surface area contributed by atoms with Crippen LogP contribution in [0.3, 0.4) is 0 Å². The minimum absolute atomic E-state index is 0.0442. The molecule has 1 aliphatic heterocycles. The summed E-state index contributed by atoms with van der Waals surface area (Å²) in [6.45, 7) is 14.3. The van der Waals surface area contributed by atoms with Gasteiger partial charge < -0.3 is 28.8 Å². The molecule has 2 aromatic rings. The third-order valence-electron chi connectivity index (χ3n) is 5.21. The number of hydrogen-bond donors (Lipinski definition) is 2. The number of rotatable bonds is 7. The maximum Gasteiger partial charge on any atom is 0.427 e. The number of imide groups is 1. The van der Waals surface area contributed by atoms with E-state index in [1.807, 2.05) is 6.92 Å². The van der Waals surface area contributed by atoms with Gasteiger partial charge in [0.25, 0.3) is 5.56 Å². The highest BCUT2D eigenvalue weighted by Gasteiger charge is 2.46. The average molecular weight is 540 g/mol. The largest absolute Gasteiger partial charge is 0.443 e. The lowest BCUT2D eigenvalue weighted by Gasteiger charge is -2.27. The van der Waals surface area contributed by atoms with Crippen molar-refractivity contribution in [2.45, 2.75) is 91.1 Å². The van der Waals surface area contributed by atoms with Gasteiger partial charge in [0.1, 0.15) is 29.5 Å². The standard InChI is InChI=1S/C24H37N5O9/c1-9-34-11-13-16(35-10-2)15(30)19(36-13)28-12-25-14-17(28)26-20(27-18(14)31)29(21(32)37-23(3,4)5)22(33)38-24(6,7)8/h12-13,15-16,19,30H,9-11H2,1-8H3,(H,26,27,31)/t13-,15+,16?,19-/m1/s1. The number of nitrogens with zero attached hydrogens (tertiary/aromatic N) is 4. The van der Waals surface area contributed by atoms with Crippen molar-refractivity contribution in [3.63, 3.8) is 0 Å². The smallest absolute Gasteiger partial charge is 0.427 e. The summed E-state index contributed by atoms with van der Waals surface area (Å²) >= 11 is 0. The number of anilines is 1. The van der Waals surface area contributed by atoms with Crippen molar-refractivity contribution in [3.8, 4) is 0 Å². The van der Waals surface area contributed by atoms with Gasteiger partial charge in [0, 0.05) is 13.2 Å². The van der Waals surface area contributed by atoms with Crippen LogP contribution in [-0.4, -0.2) is 86.1 Å². The van der Waals surface area contributed by atoms with Crippen LogP contribution in [0.2, 0.25) is 0 Å². The normalized spacial score (nSPS) is 22.0. The minimum Gasteiger partial charge on any atom is -0.443 e. The van der Waals surface area contributed by atoms with Crippen LogP contribution in [0.5, 0.6) is 0 Å². The summed E-state index contributed by atoms with van der Waals surface area (Å²) in [5, 5.41) is 11.0. The van der Waals surface area contributed by atoms with Crippen molar-refractivity contribution < 1.29 is 38.4 Å². The first-order chi connectivity index (χ1) is 17.7. The molecule has 2 N–H and O–H groups in total. The van der Waals surface area contributed by atoms with Crippen molar-refractivity contribution in [1.29, 1.82) is 0 Å². The monoisotopic (exact) mass is 539 g/mol. The first-order valence-corrected chi connectivity index (χ1v) is 12.4. The summed E-state index contributed by atoms with van der Waals surface area (Å²) in [6, 6.07) is 0. The van der Waals surface area contributed by atoms with Gasteiger partial charge in [0.05, 0.1) is 12.9 Å². The Bertz CT molecular complexity index is 1170. The van der Waals surface area contributed by atoms with Crippen LogP contribution in [0.4, 0.5) is 15.5 Å². The van der Waals surface area contributed by atoms with Crippen LogP contribution in [0, 0.1) is 0 Å². The van der Waals surface area contributed by atoms with Crippen LogP contribution in [-0.2, 0) is 23.7 Å². The molecule has 3 rings (SSSR count). The molecule has 1 saturated heterocycles. The van der Waals surface area contributed by atoms with Crippen LogP contribution >= 0.6 is 0 Å². The van der Waals surface area contributed by atoms with Gasteiger partial charge in [0.2, 0.25) is 5.95 Å². The summed E-state index contributed by atoms with van der Waals surface area (Å²) in [5.41, 5.74) is -2.80. The van der Waals surface area contributed by atoms with Crippen molar-refractivity contribution in [3.05, 3.63) is 16.7 Å². The predicted molar refractivity (Wildman–Crippen MR) is 135 cm³/mol. The number of ether oxygens (including phenoxy) is 5. The number of aliphatic hydroxyl groups excluding tert-OH is 1. The highest BCUT2D eigenvalue weighted by molar-refractivity contribution is 6.08. The topological polar surface area (TPSA) is 167 Å². The average Bonchev–Trinajstić information content (AvgIpc) is 3.32. The molecule has 4 atom stereocenters. The molecule has 1 aliphatic rings. The van der Waals surface area contributed by atoms with E-state index in [0.29, 0.717) is 18.1 Å². The van der Waals surface area contributed by atoms with E-state index in [9.17, 15) is 19.5 Å². The van der Waals surface area contributed by atoms with E-state index in [-0.39, 0.29) is 17.8 Å². The molecule has 38 heavy (non-hydrogen) atoms. The predicted octanol–water partition coefficient (Wildman–Crippen LogP) is 2.50. The highest BCUT2D eigenvalue weighted by atomic mass is 16.6. The summed E-state index contributed by atoms with van der Waals surface area (Å²) in [7, 11) is 0. The van der Waals surface area contributed by atoms with Crippen molar-refractivity contribution in [2.75, 3.05) is 24.7 Å². The second kappa shape index (κ2) is 11.4. The Balaban J connectivity index is 2.08. The Morgan fingerprint density at radius 2 is 1.71 bits per heavy atom. The van der Waals surface area contributed by atoms with E-state index in [2.05, 4.69) is 15.0 Å². The SMILES string of the molecule is CCOC[C@H]1O[C@@H](n2cnc3c(=O)[nH]c(N(C(=O)OC(C)(C)C)C(=O)OC(C)(C)C)nc32)[C@@H](O)C1OCC. The molecule has 0 bridgehead atoms. The number of aliphatic hydroxyl groups is 1. The fraction of sp³-hybridized carbons (Fsp3) is 0.708. The molecule has 3 heterocycles. The van der Waals surface area contributed by atoms with Gasteiger partial charge in [-0.25, -0.2) is 14.6 Å². The third kappa shape index (κ3) is 6.67. The number of nitrogens with one attached hydrogen (secondary N) is 1. The molecule has 14 heteroatoms. The van der Waals surface area contributed by atoms with Crippen molar-refractivity contribution in [2.24, 2.45) is 0 Å². The first-order valence-electron chi connectivity index (χ1n) is 12.4. The summed E-state index contributed by atoms with van der Waals surface area (Å²) in [6.07, 6.45) is -4.45. The number of hydrogen-bond acceptors (Lipinski definition) is 11. The number of amides is 2. The summed E-state index contributed by atoms with van der Waals surface area (Å²) < 4.78 is 29.3. The van der Waals surface area contributed by atoms with E-state index >= 15 is 0 Å². The van der Waals surface area contributed by atoms with Gasteiger partial charge in [0.15, 0.2) is 17.4 Å². The molecule has 1 unspecified atom stereocenters. The number of aromatic amines is 1. The number of H-pyrrole nitrogens is 1. The zero-order chi connectivity index (χ0) is 28.4. The van der Waals surface area contributed by atoms with E-state index < -0.39 is 59.4 Å². The molecule has 212 valence electrons. The molecule has 0 saturated carbocycles. The van der Waals surface area contributed by atoms with Gasteiger partial charge >= 0.3 is 12.2 Å². The zero-order valence-corrected chi connectivity index (χ0v) is 23.0. The fourth-order valence-corrected chi connectivity index (χ4v) is 3.79. The third-order valence-corrected chi connectivity index (χ3v) is 5.21. The highest BCUT2D eigenvalue weighted by Crippen LogP contribution is 2.33. The Morgan fingerprint density at radius 3 is 2.24 bits per heavy atom. The maximum atomic E-state index is 13.0. The number of fused-ring (bicyclic) bond motifs is 1. The Morgan fingerprint density at radius 1 is 1.11 bits per heavy atom. The molecule has 0 aromatic carbocycles.